The van der Waals surface area contributed by atoms with Crippen LogP contribution in [0.1, 0.15) is 27.0 Å². The van der Waals surface area contributed by atoms with Crippen LogP contribution in [0.2, 0.25) is 0 Å². The highest BCUT2D eigenvalue weighted by atomic mass is 16.3. The monoisotopic (exact) mass is 344 g/mol. The molecular formula is C21H16N2O3. The number of carbonyl (C=O) groups excluding carboxylic acids is 1. The van der Waals surface area contributed by atoms with E-state index >= 15 is 0 Å². The number of phenols is 1. The summed E-state index contributed by atoms with van der Waals surface area (Å²) in [5, 5.41) is 12.7. The smallest absolute Gasteiger partial charge is 0.255 e. The normalized spacial score (nSPS) is 18.7. The summed E-state index contributed by atoms with van der Waals surface area (Å²) in [5.74, 6) is 0.0796. The number of nitrogens with zero attached hydrogens (tertiary/aromatic N) is 2. The molecule has 0 spiro atoms. The number of phenolic OH excluding ortho intramolecular Hbond substituents is 1. The standard InChI is InChI=1S/C21H16N2O3/c1-23-20(25)18-4-2-3-5-19(18)21(23,15-8-12-17(24)13-9-15)14-6-10-16(22-26)11-7-14/h2-13,24H,1H3. The summed E-state index contributed by atoms with van der Waals surface area (Å²) < 4.78 is 0. The molecule has 4 rings (SSSR count). The van der Waals surface area contributed by atoms with Crippen LogP contribution in [0, 0.1) is 4.91 Å². The molecule has 0 fully saturated rings. The number of benzene rings is 3. The third-order valence-corrected chi connectivity index (χ3v) is 5.03. The van der Waals surface area contributed by atoms with Crippen LogP contribution in [0.4, 0.5) is 5.69 Å². The van der Waals surface area contributed by atoms with Crippen molar-refractivity contribution in [3.8, 4) is 5.75 Å². The fourth-order valence-corrected chi connectivity index (χ4v) is 3.83. The van der Waals surface area contributed by atoms with Crippen LogP contribution >= 0.6 is 0 Å². The average molecular weight is 344 g/mol. The van der Waals surface area contributed by atoms with Gasteiger partial charge in [0, 0.05) is 12.6 Å². The molecule has 5 nitrogen and oxygen atoms in total. The van der Waals surface area contributed by atoms with Crippen LogP contribution in [0.25, 0.3) is 0 Å². The molecule has 26 heavy (non-hydrogen) atoms. The average Bonchev–Trinajstić information content (AvgIpc) is 2.91. The number of hydrogen-bond donors (Lipinski definition) is 1. The van der Waals surface area contributed by atoms with E-state index < -0.39 is 5.54 Å². The van der Waals surface area contributed by atoms with Gasteiger partial charge >= 0.3 is 0 Å². The summed E-state index contributed by atoms with van der Waals surface area (Å²) in [4.78, 5) is 25.5. The fourth-order valence-electron chi connectivity index (χ4n) is 3.83. The number of aromatic hydroxyl groups is 1. The van der Waals surface area contributed by atoms with Crippen molar-refractivity contribution >= 4 is 11.6 Å². The first-order chi connectivity index (χ1) is 12.6. The second-order valence-electron chi connectivity index (χ2n) is 6.31. The van der Waals surface area contributed by atoms with E-state index in [2.05, 4.69) is 5.18 Å². The molecule has 0 bridgehead atoms. The third-order valence-electron chi connectivity index (χ3n) is 5.03. The molecule has 0 saturated heterocycles. The van der Waals surface area contributed by atoms with Crippen LogP contribution in [0.15, 0.2) is 78.0 Å². The first-order valence-electron chi connectivity index (χ1n) is 8.20. The van der Waals surface area contributed by atoms with Gasteiger partial charge in [0.15, 0.2) is 0 Å². The molecule has 3 aromatic carbocycles. The zero-order valence-electron chi connectivity index (χ0n) is 14.1. The molecule has 1 N–H and O–H groups in total. The van der Waals surface area contributed by atoms with Gasteiger partial charge < -0.3 is 10.0 Å². The predicted octanol–water partition coefficient (Wildman–Crippen LogP) is 4.17. The van der Waals surface area contributed by atoms with Crippen molar-refractivity contribution in [3.63, 3.8) is 0 Å². The summed E-state index contributed by atoms with van der Waals surface area (Å²) >= 11 is 0. The van der Waals surface area contributed by atoms with E-state index in [1.807, 2.05) is 48.5 Å². The number of fused-ring (bicyclic) bond motifs is 1. The minimum absolute atomic E-state index is 0.0775. The maximum Gasteiger partial charge on any atom is 0.255 e. The quantitative estimate of drug-likeness (QED) is 0.725. The molecule has 1 atom stereocenters. The summed E-state index contributed by atoms with van der Waals surface area (Å²) in [6, 6.07) is 21.3. The topological polar surface area (TPSA) is 70.0 Å². The molecule has 0 saturated carbocycles. The molecule has 1 unspecified atom stereocenters. The SMILES string of the molecule is CN1C(=O)c2ccccc2C1(c1ccc(O)cc1)c1ccc(N=O)cc1. The van der Waals surface area contributed by atoms with Gasteiger partial charge in [0.2, 0.25) is 0 Å². The Morgan fingerprint density at radius 3 is 2.08 bits per heavy atom. The molecule has 0 aromatic heterocycles. The molecule has 0 radical (unpaired) electrons. The van der Waals surface area contributed by atoms with E-state index in [9.17, 15) is 14.8 Å². The number of rotatable bonds is 3. The van der Waals surface area contributed by atoms with Crippen molar-refractivity contribution in [2.24, 2.45) is 5.18 Å². The van der Waals surface area contributed by atoms with Crippen LogP contribution in [0.3, 0.4) is 0 Å². The van der Waals surface area contributed by atoms with Gasteiger partial charge in [0.05, 0.1) is 0 Å². The Morgan fingerprint density at radius 2 is 1.46 bits per heavy atom. The van der Waals surface area contributed by atoms with Gasteiger partial charge in [-0.3, -0.25) is 4.79 Å². The second kappa shape index (κ2) is 5.81. The second-order valence-corrected chi connectivity index (χ2v) is 6.31. The van der Waals surface area contributed by atoms with E-state index in [0.717, 1.165) is 16.7 Å². The van der Waals surface area contributed by atoms with Crippen LogP contribution in [-0.4, -0.2) is 23.0 Å². The lowest BCUT2D eigenvalue weighted by atomic mass is 9.77. The maximum atomic E-state index is 13.0. The lowest BCUT2D eigenvalue weighted by Gasteiger charge is -2.38. The predicted molar refractivity (Wildman–Crippen MR) is 98.4 cm³/mol. The Balaban J connectivity index is 2.06. The lowest BCUT2D eigenvalue weighted by Crippen LogP contribution is -2.43. The Morgan fingerprint density at radius 1 is 0.885 bits per heavy atom. The number of carbonyl (C=O) groups is 1. The van der Waals surface area contributed by atoms with Crippen LogP contribution < -0.4 is 0 Å². The third kappa shape index (κ3) is 2.07. The Labute approximate surface area is 150 Å². The zero-order valence-corrected chi connectivity index (χ0v) is 14.1. The Hall–Kier alpha value is -3.47. The lowest BCUT2D eigenvalue weighted by molar-refractivity contribution is 0.0736. The maximum absolute atomic E-state index is 13.0. The highest BCUT2D eigenvalue weighted by Crippen LogP contribution is 2.48. The van der Waals surface area contributed by atoms with Crippen molar-refractivity contribution in [1.82, 2.24) is 4.90 Å². The van der Waals surface area contributed by atoms with Crippen molar-refractivity contribution < 1.29 is 9.90 Å². The molecule has 3 aromatic rings. The molecule has 1 aliphatic rings. The number of nitroso groups, excluding NO2 is 1. The van der Waals surface area contributed by atoms with Gasteiger partial charge in [-0.05, 0) is 52.2 Å². The molecule has 1 aliphatic heterocycles. The largest absolute Gasteiger partial charge is 0.508 e. The van der Waals surface area contributed by atoms with Gasteiger partial charge in [-0.25, -0.2) is 0 Å². The van der Waals surface area contributed by atoms with E-state index in [4.69, 9.17) is 0 Å². The molecule has 128 valence electrons. The highest BCUT2D eigenvalue weighted by molar-refractivity contribution is 6.01. The summed E-state index contributed by atoms with van der Waals surface area (Å²) in [7, 11) is 1.76. The van der Waals surface area contributed by atoms with Crippen LogP contribution in [0.5, 0.6) is 5.75 Å². The number of hydrogen-bond acceptors (Lipinski definition) is 4. The van der Waals surface area contributed by atoms with Crippen molar-refractivity contribution in [3.05, 3.63) is 100.0 Å². The molecule has 0 aliphatic carbocycles. The molecule has 5 heteroatoms. The van der Waals surface area contributed by atoms with E-state index in [0.29, 0.717) is 11.3 Å². The van der Waals surface area contributed by atoms with Crippen LogP contribution in [-0.2, 0) is 5.54 Å². The van der Waals surface area contributed by atoms with Gasteiger partial charge in [-0.15, -0.1) is 4.91 Å². The Bertz CT molecular complexity index is 997. The number of amides is 1. The zero-order chi connectivity index (χ0) is 18.3. The van der Waals surface area contributed by atoms with Gasteiger partial charge in [-0.2, -0.15) is 0 Å². The Kier molecular flexibility index (Phi) is 3.58. The van der Waals surface area contributed by atoms with Gasteiger partial charge in [0.25, 0.3) is 5.91 Å². The van der Waals surface area contributed by atoms with Crippen molar-refractivity contribution in [2.45, 2.75) is 5.54 Å². The van der Waals surface area contributed by atoms with E-state index in [-0.39, 0.29) is 11.7 Å². The first-order valence-corrected chi connectivity index (χ1v) is 8.20. The van der Waals surface area contributed by atoms with Crippen molar-refractivity contribution in [2.75, 3.05) is 7.05 Å². The highest BCUT2D eigenvalue weighted by Gasteiger charge is 2.50. The van der Waals surface area contributed by atoms with Crippen molar-refractivity contribution in [1.29, 1.82) is 0 Å². The molecule has 1 amide bonds. The van der Waals surface area contributed by atoms with E-state index in [1.165, 1.54) is 0 Å². The molecular weight excluding hydrogens is 328 g/mol. The van der Waals surface area contributed by atoms with Gasteiger partial charge in [0.1, 0.15) is 17.0 Å². The van der Waals surface area contributed by atoms with Gasteiger partial charge in [-0.1, -0.05) is 42.5 Å². The van der Waals surface area contributed by atoms with E-state index in [1.54, 1.807) is 36.2 Å². The summed E-state index contributed by atoms with van der Waals surface area (Å²) in [6.07, 6.45) is 0. The first kappa shape index (κ1) is 16.0. The minimum Gasteiger partial charge on any atom is -0.508 e. The summed E-state index contributed by atoms with van der Waals surface area (Å²) in [5.41, 5.74) is 2.68. The summed E-state index contributed by atoms with van der Waals surface area (Å²) in [6.45, 7) is 0. The minimum atomic E-state index is -0.844. The molecule has 1 heterocycles. The fraction of sp³-hybridized carbons (Fsp3) is 0.0952.